The van der Waals surface area contributed by atoms with E-state index in [1.807, 2.05) is 0 Å². The van der Waals surface area contributed by atoms with E-state index in [1.165, 1.54) is 16.7 Å². The van der Waals surface area contributed by atoms with E-state index in [-0.39, 0.29) is 6.04 Å². The Morgan fingerprint density at radius 3 is 2.85 bits per heavy atom. The van der Waals surface area contributed by atoms with Gasteiger partial charge in [-0.05, 0) is 70.7 Å². The summed E-state index contributed by atoms with van der Waals surface area (Å²) >= 11 is 3.62. The molecule has 0 radical (unpaired) electrons. The molecule has 1 aliphatic rings. The zero-order chi connectivity index (χ0) is 14.1. The summed E-state index contributed by atoms with van der Waals surface area (Å²) in [5.41, 5.74) is 4.99. The second-order valence-corrected chi connectivity index (χ2v) is 6.17. The first-order valence-electron chi connectivity index (χ1n) is 6.92. The second kappa shape index (κ2) is 5.49. The van der Waals surface area contributed by atoms with E-state index in [4.69, 9.17) is 4.74 Å². The minimum atomic E-state index is 0.264. The maximum Gasteiger partial charge on any atom is 0.122 e. The minimum Gasteiger partial charge on any atom is -0.493 e. The van der Waals surface area contributed by atoms with Gasteiger partial charge in [0.15, 0.2) is 0 Å². The van der Waals surface area contributed by atoms with Crippen molar-refractivity contribution in [1.82, 2.24) is 0 Å². The Bertz CT molecular complexity index is 639. The fourth-order valence-corrected chi connectivity index (χ4v) is 3.14. The summed E-state index contributed by atoms with van der Waals surface area (Å²) in [5, 5.41) is 3.56. The number of anilines is 1. The summed E-state index contributed by atoms with van der Waals surface area (Å²) in [4.78, 5) is 0. The smallest absolute Gasteiger partial charge is 0.122 e. The van der Waals surface area contributed by atoms with Crippen molar-refractivity contribution >= 4 is 21.6 Å². The molecule has 2 aromatic rings. The van der Waals surface area contributed by atoms with Gasteiger partial charge < -0.3 is 10.1 Å². The Labute approximate surface area is 128 Å². The molecule has 0 saturated heterocycles. The molecule has 0 saturated carbocycles. The normalized spacial score (nSPS) is 14.6. The molecule has 0 aromatic heterocycles. The molecule has 2 nitrogen and oxygen atoms in total. The van der Waals surface area contributed by atoms with Gasteiger partial charge in [0.25, 0.3) is 0 Å². The number of aryl methyl sites for hydroxylation is 1. The number of ether oxygens (including phenoxy) is 1. The van der Waals surface area contributed by atoms with Gasteiger partial charge in [0.05, 0.1) is 6.61 Å². The second-order valence-electron chi connectivity index (χ2n) is 5.31. The average Bonchev–Trinajstić information content (AvgIpc) is 2.89. The highest BCUT2D eigenvalue weighted by molar-refractivity contribution is 9.10. The van der Waals surface area contributed by atoms with Gasteiger partial charge in [-0.15, -0.1) is 0 Å². The first kappa shape index (κ1) is 13.5. The number of hydrogen-bond acceptors (Lipinski definition) is 2. The highest BCUT2D eigenvalue weighted by Gasteiger charge is 2.15. The molecule has 0 fully saturated rings. The summed E-state index contributed by atoms with van der Waals surface area (Å²) in [6.45, 7) is 5.09. The Morgan fingerprint density at radius 1 is 1.20 bits per heavy atom. The maximum absolute atomic E-state index is 5.56. The number of hydrogen-bond donors (Lipinski definition) is 1. The van der Waals surface area contributed by atoms with Crippen LogP contribution in [0.4, 0.5) is 5.69 Å². The zero-order valence-electron chi connectivity index (χ0n) is 11.7. The average molecular weight is 332 g/mol. The summed E-state index contributed by atoms with van der Waals surface area (Å²) < 4.78 is 6.66. The number of rotatable bonds is 3. The van der Waals surface area contributed by atoms with Crippen LogP contribution in [0.3, 0.4) is 0 Å². The summed E-state index contributed by atoms with van der Waals surface area (Å²) in [5.74, 6) is 1.04. The molecule has 1 aliphatic heterocycles. The number of fused-ring (bicyclic) bond motifs is 1. The van der Waals surface area contributed by atoms with E-state index in [2.05, 4.69) is 71.5 Å². The van der Waals surface area contributed by atoms with E-state index in [9.17, 15) is 0 Å². The van der Waals surface area contributed by atoms with Crippen LogP contribution in [-0.4, -0.2) is 6.61 Å². The van der Waals surface area contributed by atoms with E-state index < -0.39 is 0 Å². The molecule has 0 bridgehead atoms. The Balaban J connectivity index is 1.80. The zero-order valence-corrected chi connectivity index (χ0v) is 13.3. The lowest BCUT2D eigenvalue weighted by Gasteiger charge is -2.18. The van der Waals surface area contributed by atoms with Crippen molar-refractivity contribution in [3.05, 3.63) is 57.6 Å². The van der Waals surface area contributed by atoms with Crippen LogP contribution < -0.4 is 10.1 Å². The Hall–Kier alpha value is -1.48. The summed E-state index contributed by atoms with van der Waals surface area (Å²) in [7, 11) is 0. The van der Waals surface area contributed by atoms with Crippen molar-refractivity contribution in [2.24, 2.45) is 0 Å². The van der Waals surface area contributed by atoms with Crippen LogP contribution in [0, 0.1) is 6.92 Å². The monoisotopic (exact) mass is 331 g/mol. The van der Waals surface area contributed by atoms with Crippen LogP contribution in [0.5, 0.6) is 5.75 Å². The molecule has 3 rings (SSSR count). The third-order valence-electron chi connectivity index (χ3n) is 3.71. The van der Waals surface area contributed by atoms with Crippen LogP contribution in [-0.2, 0) is 6.42 Å². The molecule has 1 heterocycles. The Morgan fingerprint density at radius 2 is 2.05 bits per heavy atom. The molecule has 0 aliphatic carbocycles. The lowest BCUT2D eigenvalue weighted by Crippen LogP contribution is -2.07. The first-order valence-corrected chi connectivity index (χ1v) is 7.71. The molecular weight excluding hydrogens is 314 g/mol. The fraction of sp³-hybridized carbons (Fsp3) is 0.294. The van der Waals surface area contributed by atoms with Gasteiger partial charge in [0, 0.05) is 22.6 Å². The van der Waals surface area contributed by atoms with Crippen LogP contribution in [0.1, 0.15) is 29.7 Å². The van der Waals surface area contributed by atoms with Crippen molar-refractivity contribution < 1.29 is 4.74 Å². The Kier molecular flexibility index (Phi) is 3.70. The molecule has 0 spiro atoms. The molecule has 104 valence electrons. The van der Waals surface area contributed by atoms with E-state index in [0.717, 1.165) is 28.9 Å². The van der Waals surface area contributed by atoms with Crippen LogP contribution in [0.15, 0.2) is 40.9 Å². The van der Waals surface area contributed by atoms with Crippen molar-refractivity contribution in [1.29, 1.82) is 0 Å². The number of benzene rings is 2. The highest BCUT2D eigenvalue weighted by Crippen LogP contribution is 2.31. The lowest BCUT2D eigenvalue weighted by molar-refractivity contribution is 0.357. The van der Waals surface area contributed by atoms with Crippen molar-refractivity contribution in [3.8, 4) is 5.75 Å². The van der Waals surface area contributed by atoms with E-state index in [0.29, 0.717) is 0 Å². The number of halogens is 1. The van der Waals surface area contributed by atoms with Gasteiger partial charge in [-0.2, -0.15) is 0 Å². The lowest BCUT2D eigenvalue weighted by atomic mass is 10.0. The van der Waals surface area contributed by atoms with Crippen molar-refractivity contribution in [2.45, 2.75) is 26.3 Å². The predicted molar refractivity (Wildman–Crippen MR) is 86.6 cm³/mol. The van der Waals surface area contributed by atoms with Gasteiger partial charge in [0.2, 0.25) is 0 Å². The first-order chi connectivity index (χ1) is 9.63. The van der Waals surface area contributed by atoms with Gasteiger partial charge in [-0.3, -0.25) is 0 Å². The minimum absolute atomic E-state index is 0.264. The van der Waals surface area contributed by atoms with Crippen molar-refractivity contribution in [2.75, 3.05) is 11.9 Å². The topological polar surface area (TPSA) is 21.3 Å². The third kappa shape index (κ3) is 2.68. The summed E-state index contributed by atoms with van der Waals surface area (Å²) in [6.07, 6.45) is 1.02. The van der Waals surface area contributed by atoms with Crippen LogP contribution in [0.25, 0.3) is 0 Å². The highest BCUT2D eigenvalue weighted by atomic mass is 79.9. The largest absolute Gasteiger partial charge is 0.493 e. The van der Waals surface area contributed by atoms with Gasteiger partial charge in [-0.25, -0.2) is 0 Å². The molecule has 1 unspecified atom stereocenters. The van der Waals surface area contributed by atoms with Gasteiger partial charge in [-0.1, -0.05) is 12.1 Å². The quantitative estimate of drug-likeness (QED) is 0.866. The van der Waals surface area contributed by atoms with Gasteiger partial charge in [0.1, 0.15) is 5.75 Å². The molecule has 0 amide bonds. The third-order valence-corrected chi connectivity index (χ3v) is 4.37. The van der Waals surface area contributed by atoms with Crippen LogP contribution in [0.2, 0.25) is 0 Å². The fourth-order valence-electron chi connectivity index (χ4n) is 2.53. The maximum atomic E-state index is 5.56. The molecule has 2 aromatic carbocycles. The SMILES string of the molecule is Cc1ccc(NC(C)c2ccc3c(c2)CCO3)c(Br)c1. The molecule has 20 heavy (non-hydrogen) atoms. The van der Waals surface area contributed by atoms with Gasteiger partial charge >= 0.3 is 0 Å². The standard InChI is InChI=1S/C17H18BrNO/c1-11-3-5-16(15(18)9-11)19-12(2)13-4-6-17-14(10-13)7-8-20-17/h3-6,9-10,12,19H,7-8H2,1-2H3. The molecule has 1 atom stereocenters. The summed E-state index contributed by atoms with van der Waals surface area (Å²) in [6, 6.07) is 13.1. The van der Waals surface area contributed by atoms with Crippen molar-refractivity contribution in [3.63, 3.8) is 0 Å². The molecular formula is C17H18BrNO. The van der Waals surface area contributed by atoms with E-state index in [1.54, 1.807) is 0 Å². The molecule has 3 heteroatoms. The number of nitrogens with one attached hydrogen (secondary N) is 1. The van der Waals surface area contributed by atoms with E-state index >= 15 is 0 Å². The van der Waals surface area contributed by atoms with Crippen LogP contribution >= 0.6 is 15.9 Å². The predicted octanol–water partition coefficient (Wildman–Crippen LogP) is 4.87. The molecule has 1 N–H and O–H groups in total.